The van der Waals surface area contributed by atoms with E-state index in [0.29, 0.717) is 28.1 Å². The molecular weight excluding hydrogens is 484 g/mol. The highest BCUT2D eigenvalue weighted by Crippen LogP contribution is 2.33. The predicted octanol–water partition coefficient (Wildman–Crippen LogP) is 4.14. The average Bonchev–Trinajstić information content (AvgIpc) is 3.18. The molecule has 2 aromatic heterocycles. The number of pyridine rings is 1. The Morgan fingerprint density at radius 3 is 2.11 bits per heavy atom. The Bertz CT molecular complexity index is 1610. The predicted molar refractivity (Wildman–Crippen MR) is 140 cm³/mol. The van der Waals surface area contributed by atoms with Crippen molar-refractivity contribution in [3.63, 3.8) is 0 Å². The molecule has 9 heteroatoms. The fourth-order valence-electron chi connectivity index (χ4n) is 4.44. The van der Waals surface area contributed by atoms with Crippen LogP contribution in [0.4, 0.5) is 0 Å². The Morgan fingerprint density at radius 2 is 1.50 bits per heavy atom. The molecule has 4 aromatic rings. The monoisotopic (exact) mass is 508 g/mol. The second kappa shape index (κ2) is 9.85. The number of methoxy groups -OCH3 is 1. The standard InChI is InChI=1S/C29H24N4O5/c1-17(2)33-25(34)14-13-23(31-33)21-15-22(29(37)38-3)24(30-26(21)18-9-5-4-6-10-18)16-32-27(35)19-11-7-8-12-20(19)28(32)36/h4-15,17H,16H2,1-3H3. The van der Waals surface area contributed by atoms with Gasteiger partial charge in [0.1, 0.15) is 0 Å². The first-order valence-corrected chi connectivity index (χ1v) is 12.0. The maximum absolute atomic E-state index is 13.1. The van der Waals surface area contributed by atoms with Crippen molar-refractivity contribution in [1.29, 1.82) is 0 Å². The normalized spacial score (nSPS) is 12.7. The summed E-state index contributed by atoms with van der Waals surface area (Å²) in [5.74, 6) is -1.60. The van der Waals surface area contributed by atoms with Crippen LogP contribution in [0.5, 0.6) is 0 Å². The Kier molecular flexibility index (Phi) is 6.42. The highest BCUT2D eigenvalue weighted by Gasteiger charge is 2.36. The van der Waals surface area contributed by atoms with Crippen LogP contribution in [0.3, 0.4) is 0 Å². The highest BCUT2D eigenvalue weighted by molar-refractivity contribution is 6.21. The van der Waals surface area contributed by atoms with Crippen LogP contribution in [0, 0.1) is 0 Å². The van der Waals surface area contributed by atoms with Gasteiger partial charge in [0.25, 0.3) is 17.4 Å². The minimum absolute atomic E-state index is 0.0860. The smallest absolute Gasteiger partial charge is 0.339 e. The van der Waals surface area contributed by atoms with E-state index in [4.69, 9.17) is 9.72 Å². The maximum atomic E-state index is 13.1. The molecule has 5 rings (SSSR count). The van der Waals surface area contributed by atoms with E-state index in [9.17, 15) is 19.2 Å². The van der Waals surface area contributed by atoms with Gasteiger partial charge < -0.3 is 4.74 Å². The summed E-state index contributed by atoms with van der Waals surface area (Å²) < 4.78 is 6.39. The van der Waals surface area contributed by atoms with Crippen molar-refractivity contribution in [3.05, 3.63) is 106 Å². The number of ether oxygens (including phenoxy) is 1. The number of rotatable bonds is 6. The van der Waals surface area contributed by atoms with E-state index < -0.39 is 17.8 Å². The van der Waals surface area contributed by atoms with Crippen molar-refractivity contribution >= 4 is 17.8 Å². The molecule has 0 aliphatic carbocycles. The van der Waals surface area contributed by atoms with Gasteiger partial charge in [-0.2, -0.15) is 5.10 Å². The van der Waals surface area contributed by atoms with E-state index in [-0.39, 0.29) is 29.4 Å². The molecule has 1 aliphatic rings. The van der Waals surface area contributed by atoms with Gasteiger partial charge in [0, 0.05) is 17.2 Å². The van der Waals surface area contributed by atoms with Crippen LogP contribution in [-0.2, 0) is 11.3 Å². The van der Waals surface area contributed by atoms with E-state index in [1.54, 1.807) is 36.4 Å². The number of fused-ring (bicyclic) bond motifs is 1. The van der Waals surface area contributed by atoms with Crippen LogP contribution in [0.15, 0.2) is 77.6 Å². The van der Waals surface area contributed by atoms with Crippen LogP contribution in [-0.4, -0.2) is 44.6 Å². The molecule has 0 spiro atoms. The lowest BCUT2D eigenvalue weighted by Gasteiger charge is -2.19. The summed E-state index contributed by atoms with van der Waals surface area (Å²) in [6.45, 7) is 3.47. The third-order valence-electron chi connectivity index (χ3n) is 6.33. The van der Waals surface area contributed by atoms with Crippen molar-refractivity contribution in [2.75, 3.05) is 7.11 Å². The molecule has 0 saturated carbocycles. The molecule has 0 atom stereocenters. The Balaban J connectivity index is 1.70. The van der Waals surface area contributed by atoms with Crippen molar-refractivity contribution in [2.24, 2.45) is 0 Å². The first kappa shape index (κ1) is 24.8. The summed E-state index contributed by atoms with van der Waals surface area (Å²) in [6.07, 6.45) is 0. The summed E-state index contributed by atoms with van der Waals surface area (Å²) in [5.41, 5.74) is 2.77. The van der Waals surface area contributed by atoms with Crippen LogP contribution in [0.2, 0.25) is 0 Å². The summed E-state index contributed by atoms with van der Waals surface area (Å²) in [6, 6.07) is 20.2. The topological polar surface area (TPSA) is 111 Å². The highest BCUT2D eigenvalue weighted by atomic mass is 16.5. The van der Waals surface area contributed by atoms with Gasteiger partial charge in [-0.3, -0.25) is 19.3 Å². The molecule has 2 aromatic carbocycles. The first-order valence-electron chi connectivity index (χ1n) is 12.0. The van der Waals surface area contributed by atoms with Gasteiger partial charge in [-0.15, -0.1) is 0 Å². The zero-order valence-corrected chi connectivity index (χ0v) is 21.0. The van der Waals surface area contributed by atoms with Crippen LogP contribution < -0.4 is 5.56 Å². The molecule has 9 nitrogen and oxygen atoms in total. The number of amides is 2. The average molecular weight is 509 g/mol. The number of esters is 1. The fourth-order valence-corrected chi connectivity index (χ4v) is 4.44. The molecule has 0 fully saturated rings. The van der Waals surface area contributed by atoms with Crippen LogP contribution in [0.25, 0.3) is 22.5 Å². The van der Waals surface area contributed by atoms with Gasteiger partial charge in [0.05, 0.1) is 53.5 Å². The van der Waals surface area contributed by atoms with E-state index in [0.717, 1.165) is 10.5 Å². The number of nitrogens with zero attached hydrogens (tertiary/aromatic N) is 4. The lowest BCUT2D eigenvalue weighted by molar-refractivity contribution is 0.0581. The van der Waals surface area contributed by atoms with Gasteiger partial charge in [0.15, 0.2) is 0 Å². The fraction of sp³-hybridized carbons (Fsp3) is 0.172. The molecule has 1 aliphatic heterocycles. The molecule has 0 unspecified atom stereocenters. The molecule has 0 saturated heterocycles. The van der Waals surface area contributed by atoms with Crippen molar-refractivity contribution in [2.45, 2.75) is 26.4 Å². The van der Waals surface area contributed by atoms with Crippen molar-refractivity contribution in [1.82, 2.24) is 19.7 Å². The first-order chi connectivity index (χ1) is 18.3. The quantitative estimate of drug-likeness (QED) is 0.284. The Morgan fingerprint density at radius 1 is 0.868 bits per heavy atom. The molecule has 3 heterocycles. The molecule has 0 bridgehead atoms. The zero-order chi connectivity index (χ0) is 27.0. The molecule has 0 N–H and O–H groups in total. The number of carbonyl (C=O) groups excluding carboxylic acids is 3. The van der Waals surface area contributed by atoms with Gasteiger partial charge in [-0.1, -0.05) is 42.5 Å². The van der Waals surface area contributed by atoms with E-state index >= 15 is 0 Å². The summed E-state index contributed by atoms with van der Waals surface area (Å²) in [5, 5.41) is 4.53. The number of carbonyl (C=O) groups is 3. The van der Waals surface area contributed by atoms with Gasteiger partial charge in [-0.05, 0) is 38.1 Å². The molecule has 38 heavy (non-hydrogen) atoms. The number of hydrogen-bond donors (Lipinski definition) is 0. The lowest BCUT2D eigenvalue weighted by Crippen LogP contribution is -2.30. The largest absolute Gasteiger partial charge is 0.465 e. The maximum Gasteiger partial charge on any atom is 0.339 e. The van der Waals surface area contributed by atoms with Crippen LogP contribution >= 0.6 is 0 Å². The van der Waals surface area contributed by atoms with E-state index in [1.807, 2.05) is 44.2 Å². The number of aromatic nitrogens is 3. The number of benzene rings is 2. The summed E-state index contributed by atoms with van der Waals surface area (Å²) in [7, 11) is 1.25. The summed E-state index contributed by atoms with van der Waals surface area (Å²) >= 11 is 0. The second-order valence-corrected chi connectivity index (χ2v) is 9.07. The third-order valence-corrected chi connectivity index (χ3v) is 6.33. The van der Waals surface area contributed by atoms with Gasteiger partial charge in [0.2, 0.25) is 0 Å². The van der Waals surface area contributed by atoms with Gasteiger partial charge >= 0.3 is 5.97 Å². The van der Waals surface area contributed by atoms with Crippen molar-refractivity contribution in [3.8, 4) is 22.5 Å². The SMILES string of the molecule is COC(=O)c1cc(-c2ccc(=O)n(C(C)C)n2)c(-c2ccccc2)nc1CN1C(=O)c2ccccc2C1=O. The third kappa shape index (κ3) is 4.28. The zero-order valence-electron chi connectivity index (χ0n) is 21.0. The minimum Gasteiger partial charge on any atom is -0.465 e. The minimum atomic E-state index is -0.679. The summed E-state index contributed by atoms with van der Waals surface area (Å²) in [4.78, 5) is 57.3. The molecule has 190 valence electrons. The van der Waals surface area contributed by atoms with Gasteiger partial charge in [-0.25, -0.2) is 14.5 Å². The molecule has 2 amide bonds. The van der Waals surface area contributed by atoms with E-state index in [1.165, 1.54) is 17.9 Å². The molecule has 0 radical (unpaired) electrons. The molecular formula is C29H24N4O5. The second-order valence-electron chi connectivity index (χ2n) is 9.07. The lowest BCUT2D eigenvalue weighted by atomic mass is 9.99. The Hall–Kier alpha value is -4.92. The van der Waals surface area contributed by atoms with E-state index in [2.05, 4.69) is 5.10 Å². The number of hydrogen-bond acceptors (Lipinski definition) is 7. The van der Waals surface area contributed by atoms with Crippen LogP contribution in [0.1, 0.15) is 56.7 Å². The number of imide groups is 1. The Labute approximate surface area is 218 Å². The van der Waals surface area contributed by atoms with Crippen molar-refractivity contribution < 1.29 is 19.1 Å².